The molecule has 106 valence electrons. The van der Waals surface area contributed by atoms with Crippen molar-refractivity contribution in [3.63, 3.8) is 0 Å². The van der Waals surface area contributed by atoms with Gasteiger partial charge in [-0.2, -0.15) is 0 Å². The predicted octanol–water partition coefficient (Wildman–Crippen LogP) is 2.70. The second-order valence-electron chi connectivity index (χ2n) is 5.20. The number of carbonyl (C=O) groups excluding carboxylic acids is 1. The molecular formula is C15H17ClN2O2. The van der Waals surface area contributed by atoms with Gasteiger partial charge in [0.1, 0.15) is 0 Å². The minimum absolute atomic E-state index is 0.203. The summed E-state index contributed by atoms with van der Waals surface area (Å²) in [4.78, 5) is 15.1. The molecule has 0 fully saturated rings. The van der Waals surface area contributed by atoms with Crippen LogP contribution < -0.4 is 5.32 Å². The van der Waals surface area contributed by atoms with E-state index in [0.29, 0.717) is 13.0 Å². The first-order chi connectivity index (χ1) is 9.69. The van der Waals surface area contributed by atoms with E-state index >= 15 is 0 Å². The Morgan fingerprint density at radius 2 is 2.25 bits per heavy atom. The fourth-order valence-corrected chi connectivity index (χ4v) is 2.81. The number of ketones is 1. The molecule has 4 nitrogen and oxygen atoms in total. The highest BCUT2D eigenvalue weighted by atomic mass is 35.5. The Balaban J connectivity index is 1.90. The fourth-order valence-electron chi connectivity index (χ4n) is 2.70. The SMILES string of the molecule is O=C1CCCc2c1[nH]c1cc(NCC(O)CCl)ccc21. The maximum Gasteiger partial charge on any atom is 0.179 e. The number of carbonyl (C=O) groups is 1. The molecule has 1 aliphatic carbocycles. The van der Waals surface area contributed by atoms with Crippen LogP contribution in [0.15, 0.2) is 18.2 Å². The number of alkyl halides is 1. The number of rotatable bonds is 4. The highest BCUT2D eigenvalue weighted by molar-refractivity contribution is 6.18. The van der Waals surface area contributed by atoms with Crippen molar-refractivity contribution < 1.29 is 9.90 Å². The summed E-state index contributed by atoms with van der Waals surface area (Å²) in [5.41, 5.74) is 3.79. The molecule has 1 unspecified atom stereocenters. The molecule has 0 bridgehead atoms. The highest BCUT2D eigenvalue weighted by Crippen LogP contribution is 2.30. The summed E-state index contributed by atoms with van der Waals surface area (Å²) in [5, 5.41) is 13.7. The van der Waals surface area contributed by atoms with Crippen LogP contribution in [0.3, 0.4) is 0 Å². The van der Waals surface area contributed by atoms with Gasteiger partial charge >= 0.3 is 0 Å². The lowest BCUT2D eigenvalue weighted by molar-refractivity contribution is 0.0968. The Kier molecular flexibility index (Phi) is 3.68. The Morgan fingerprint density at radius 1 is 1.40 bits per heavy atom. The third-order valence-electron chi connectivity index (χ3n) is 3.74. The standard InChI is InChI=1S/C15H17ClN2O2/c16-7-10(19)8-17-9-4-5-11-12-2-1-3-14(20)15(12)18-13(11)6-9/h4-6,10,17-19H,1-3,7-8H2. The summed E-state index contributed by atoms with van der Waals surface area (Å²) in [6.45, 7) is 0.411. The van der Waals surface area contributed by atoms with Crippen molar-refractivity contribution in [3.05, 3.63) is 29.5 Å². The molecule has 0 aliphatic heterocycles. The molecule has 0 radical (unpaired) electrons. The van der Waals surface area contributed by atoms with Crippen LogP contribution in [0.4, 0.5) is 5.69 Å². The van der Waals surface area contributed by atoms with E-state index < -0.39 is 6.10 Å². The van der Waals surface area contributed by atoms with Crippen LogP contribution in [0.1, 0.15) is 28.9 Å². The Morgan fingerprint density at radius 3 is 3.05 bits per heavy atom. The third kappa shape index (κ3) is 2.41. The first kappa shape index (κ1) is 13.5. The number of aliphatic hydroxyl groups excluding tert-OH is 1. The van der Waals surface area contributed by atoms with Crippen LogP contribution in [-0.4, -0.2) is 34.4 Å². The molecule has 5 heteroatoms. The van der Waals surface area contributed by atoms with E-state index in [0.717, 1.165) is 40.7 Å². The lowest BCUT2D eigenvalue weighted by Gasteiger charge is -2.10. The smallest absolute Gasteiger partial charge is 0.179 e. The first-order valence-corrected chi connectivity index (χ1v) is 7.38. The number of hydrogen-bond acceptors (Lipinski definition) is 3. The monoisotopic (exact) mass is 292 g/mol. The quantitative estimate of drug-likeness (QED) is 0.759. The van der Waals surface area contributed by atoms with E-state index in [4.69, 9.17) is 11.6 Å². The van der Waals surface area contributed by atoms with E-state index in [1.807, 2.05) is 18.2 Å². The van der Waals surface area contributed by atoms with Crippen molar-refractivity contribution in [2.45, 2.75) is 25.4 Å². The molecule has 2 aromatic rings. The van der Waals surface area contributed by atoms with E-state index in [2.05, 4.69) is 10.3 Å². The normalized spacial score (nSPS) is 16.2. The van der Waals surface area contributed by atoms with Gasteiger partial charge < -0.3 is 15.4 Å². The number of Topliss-reactive ketones (excluding diaryl/α,β-unsaturated/α-hetero) is 1. The maximum absolute atomic E-state index is 11.9. The molecule has 0 spiro atoms. The zero-order valence-electron chi connectivity index (χ0n) is 11.1. The van der Waals surface area contributed by atoms with Gasteiger partial charge in [-0.3, -0.25) is 4.79 Å². The van der Waals surface area contributed by atoms with Gasteiger partial charge in [0.2, 0.25) is 0 Å². The van der Waals surface area contributed by atoms with Gasteiger partial charge in [0, 0.05) is 29.6 Å². The highest BCUT2D eigenvalue weighted by Gasteiger charge is 2.21. The van der Waals surface area contributed by atoms with Gasteiger partial charge in [0.15, 0.2) is 5.78 Å². The Hall–Kier alpha value is -1.52. The number of nitrogens with one attached hydrogen (secondary N) is 2. The predicted molar refractivity (Wildman–Crippen MR) is 80.8 cm³/mol. The van der Waals surface area contributed by atoms with Crippen LogP contribution in [-0.2, 0) is 6.42 Å². The molecule has 0 saturated carbocycles. The molecule has 1 aromatic heterocycles. The zero-order valence-corrected chi connectivity index (χ0v) is 11.8. The third-order valence-corrected chi connectivity index (χ3v) is 4.09. The van der Waals surface area contributed by atoms with Gasteiger partial charge in [0.25, 0.3) is 0 Å². The Bertz CT molecular complexity index is 651. The van der Waals surface area contributed by atoms with Gasteiger partial charge in [-0.05, 0) is 30.5 Å². The van der Waals surface area contributed by atoms with Gasteiger partial charge in [-0.1, -0.05) is 6.07 Å². The van der Waals surface area contributed by atoms with Crippen molar-refractivity contribution in [3.8, 4) is 0 Å². The molecule has 0 saturated heterocycles. The van der Waals surface area contributed by atoms with Gasteiger partial charge in [-0.15, -0.1) is 11.6 Å². The number of halogens is 1. The van der Waals surface area contributed by atoms with Crippen molar-refractivity contribution in [1.82, 2.24) is 4.98 Å². The maximum atomic E-state index is 11.9. The van der Waals surface area contributed by atoms with Crippen LogP contribution in [0.25, 0.3) is 10.9 Å². The Labute approximate surface area is 122 Å². The fraction of sp³-hybridized carbons (Fsp3) is 0.400. The van der Waals surface area contributed by atoms with E-state index in [1.54, 1.807) is 0 Å². The number of aryl methyl sites for hydroxylation is 1. The summed E-state index contributed by atoms with van der Waals surface area (Å²) in [5.74, 6) is 0.412. The van der Waals surface area contributed by atoms with E-state index in [-0.39, 0.29) is 11.7 Å². The topological polar surface area (TPSA) is 65.1 Å². The summed E-state index contributed by atoms with van der Waals surface area (Å²) in [6.07, 6.45) is 1.96. The number of H-pyrrole nitrogens is 1. The van der Waals surface area contributed by atoms with Crippen LogP contribution in [0.2, 0.25) is 0 Å². The summed E-state index contributed by atoms with van der Waals surface area (Å²) in [7, 11) is 0. The van der Waals surface area contributed by atoms with Gasteiger partial charge in [-0.25, -0.2) is 0 Å². The second kappa shape index (κ2) is 5.46. The molecule has 1 heterocycles. The summed E-state index contributed by atoms with van der Waals surface area (Å²) in [6, 6.07) is 5.97. The number of aromatic amines is 1. The van der Waals surface area contributed by atoms with Crippen molar-refractivity contribution in [1.29, 1.82) is 0 Å². The van der Waals surface area contributed by atoms with E-state index in [1.165, 1.54) is 0 Å². The lowest BCUT2D eigenvalue weighted by Crippen LogP contribution is -2.20. The first-order valence-electron chi connectivity index (χ1n) is 6.84. The number of hydrogen-bond donors (Lipinski definition) is 3. The van der Waals surface area contributed by atoms with Gasteiger partial charge in [0.05, 0.1) is 17.7 Å². The molecule has 1 aliphatic rings. The average molecular weight is 293 g/mol. The minimum Gasteiger partial charge on any atom is -0.390 e. The molecule has 1 atom stereocenters. The summed E-state index contributed by atoms with van der Waals surface area (Å²) >= 11 is 5.56. The number of benzene rings is 1. The molecule has 0 amide bonds. The van der Waals surface area contributed by atoms with Crippen LogP contribution in [0, 0.1) is 0 Å². The average Bonchev–Trinajstić information content (AvgIpc) is 2.84. The molecule has 1 aromatic carbocycles. The van der Waals surface area contributed by atoms with E-state index in [9.17, 15) is 9.90 Å². The van der Waals surface area contributed by atoms with Crippen LogP contribution >= 0.6 is 11.6 Å². The second-order valence-corrected chi connectivity index (χ2v) is 5.51. The van der Waals surface area contributed by atoms with Crippen molar-refractivity contribution >= 4 is 34.0 Å². The zero-order chi connectivity index (χ0) is 14.1. The molecule has 3 rings (SSSR count). The number of aliphatic hydroxyl groups is 1. The van der Waals surface area contributed by atoms with Crippen molar-refractivity contribution in [2.75, 3.05) is 17.7 Å². The molecular weight excluding hydrogens is 276 g/mol. The van der Waals surface area contributed by atoms with Crippen LogP contribution in [0.5, 0.6) is 0 Å². The number of anilines is 1. The minimum atomic E-state index is -0.564. The molecule has 20 heavy (non-hydrogen) atoms. The lowest BCUT2D eigenvalue weighted by atomic mass is 9.95. The molecule has 3 N–H and O–H groups in total. The number of fused-ring (bicyclic) bond motifs is 3. The number of aromatic nitrogens is 1. The van der Waals surface area contributed by atoms with Crippen molar-refractivity contribution in [2.24, 2.45) is 0 Å². The summed E-state index contributed by atoms with van der Waals surface area (Å²) < 4.78 is 0. The largest absolute Gasteiger partial charge is 0.390 e.